The lowest BCUT2D eigenvalue weighted by atomic mass is 9.89. The number of amides is 1. The van der Waals surface area contributed by atoms with Crippen LogP contribution in [-0.4, -0.2) is 46.1 Å². The third-order valence-corrected chi connectivity index (χ3v) is 4.45. The van der Waals surface area contributed by atoms with E-state index in [2.05, 4.69) is 5.32 Å². The van der Waals surface area contributed by atoms with Gasteiger partial charge in [0.2, 0.25) is 5.91 Å². The Bertz CT molecular complexity index is 359. The van der Waals surface area contributed by atoms with Crippen LogP contribution in [0.15, 0.2) is 0 Å². The molecular formula is C15H28N2O3. The average molecular weight is 284 g/mol. The average Bonchev–Trinajstić information content (AvgIpc) is 2.83. The minimum absolute atomic E-state index is 0.0667. The molecule has 0 aromatic rings. The Morgan fingerprint density at radius 1 is 1.35 bits per heavy atom. The topological polar surface area (TPSA) is 69.6 Å². The van der Waals surface area contributed by atoms with Gasteiger partial charge in [-0.2, -0.15) is 0 Å². The number of likely N-dealkylation sites (tertiary alicyclic amines) is 1. The van der Waals surface area contributed by atoms with Gasteiger partial charge < -0.3 is 10.4 Å². The van der Waals surface area contributed by atoms with Crippen LogP contribution in [0.5, 0.6) is 0 Å². The van der Waals surface area contributed by atoms with Crippen molar-refractivity contribution in [3.05, 3.63) is 0 Å². The van der Waals surface area contributed by atoms with Gasteiger partial charge in [-0.1, -0.05) is 20.3 Å². The van der Waals surface area contributed by atoms with Gasteiger partial charge >= 0.3 is 5.97 Å². The molecule has 1 amide bonds. The molecular weight excluding hydrogens is 256 g/mol. The summed E-state index contributed by atoms with van der Waals surface area (Å²) in [6.45, 7) is 8.47. The van der Waals surface area contributed by atoms with E-state index in [1.54, 1.807) is 0 Å². The fraction of sp³-hybridized carbons (Fsp3) is 0.867. The van der Waals surface area contributed by atoms with Gasteiger partial charge in [0.25, 0.3) is 0 Å². The van der Waals surface area contributed by atoms with E-state index in [1.807, 2.05) is 32.6 Å². The fourth-order valence-electron chi connectivity index (χ4n) is 3.09. The van der Waals surface area contributed by atoms with E-state index in [0.717, 1.165) is 19.3 Å². The number of carboxylic acid groups (broad SMARTS) is 1. The van der Waals surface area contributed by atoms with Crippen LogP contribution in [0.2, 0.25) is 0 Å². The normalized spacial score (nSPS) is 26.2. The number of hydrogen-bond donors (Lipinski definition) is 2. The molecule has 5 nitrogen and oxygen atoms in total. The molecule has 0 bridgehead atoms. The van der Waals surface area contributed by atoms with Crippen LogP contribution in [0.1, 0.15) is 59.8 Å². The largest absolute Gasteiger partial charge is 0.480 e. The van der Waals surface area contributed by atoms with Crippen molar-refractivity contribution in [2.75, 3.05) is 6.54 Å². The lowest BCUT2D eigenvalue weighted by Gasteiger charge is -2.38. The Morgan fingerprint density at radius 3 is 2.50 bits per heavy atom. The summed E-state index contributed by atoms with van der Waals surface area (Å²) >= 11 is 0. The number of rotatable bonds is 7. The van der Waals surface area contributed by atoms with E-state index >= 15 is 0 Å². The minimum atomic E-state index is -0.860. The summed E-state index contributed by atoms with van der Waals surface area (Å²) < 4.78 is 0. The van der Waals surface area contributed by atoms with Crippen molar-refractivity contribution in [1.29, 1.82) is 0 Å². The SMILES string of the molecule is CCCC1(C(=O)O)CCCN1C(C)C(=O)NC(C)CC. The summed E-state index contributed by atoms with van der Waals surface area (Å²) in [6.07, 6.45) is 3.76. The Hall–Kier alpha value is -1.10. The Balaban J connectivity index is 2.86. The van der Waals surface area contributed by atoms with Crippen molar-refractivity contribution in [1.82, 2.24) is 10.2 Å². The molecule has 3 atom stereocenters. The van der Waals surface area contributed by atoms with Crippen LogP contribution < -0.4 is 5.32 Å². The van der Waals surface area contributed by atoms with Crippen molar-refractivity contribution in [2.24, 2.45) is 0 Å². The zero-order valence-electron chi connectivity index (χ0n) is 13.1. The predicted molar refractivity (Wildman–Crippen MR) is 78.6 cm³/mol. The first-order chi connectivity index (χ1) is 9.39. The van der Waals surface area contributed by atoms with Crippen LogP contribution in [0, 0.1) is 0 Å². The summed E-state index contributed by atoms with van der Waals surface area (Å²) in [5, 5.41) is 12.6. The molecule has 20 heavy (non-hydrogen) atoms. The summed E-state index contributed by atoms with van der Waals surface area (Å²) in [6, 6.07) is -0.271. The molecule has 1 fully saturated rings. The summed E-state index contributed by atoms with van der Waals surface area (Å²) in [7, 11) is 0. The molecule has 1 rings (SSSR count). The molecule has 0 spiro atoms. The highest BCUT2D eigenvalue weighted by atomic mass is 16.4. The van der Waals surface area contributed by atoms with Crippen LogP contribution in [-0.2, 0) is 9.59 Å². The molecule has 3 unspecified atom stereocenters. The first kappa shape index (κ1) is 17.0. The number of nitrogens with zero attached hydrogens (tertiary/aromatic N) is 1. The standard InChI is InChI=1S/C15H28N2O3/c1-5-8-15(14(19)20)9-7-10-17(15)12(4)13(18)16-11(3)6-2/h11-12H,5-10H2,1-4H3,(H,16,18)(H,19,20). The monoisotopic (exact) mass is 284 g/mol. The van der Waals surface area contributed by atoms with Gasteiger partial charge in [-0.25, -0.2) is 0 Å². The second-order valence-electron chi connectivity index (χ2n) is 5.88. The molecule has 0 radical (unpaired) electrons. The predicted octanol–water partition coefficient (Wildman–Crippen LogP) is 2.01. The van der Waals surface area contributed by atoms with Gasteiger partial charge in [-0.05, 0) is 39.5 Å². The van der Waals surface area contributed by atoms with Crippen molar-refractivity contribution in [3.8, 4) is 0 Å². The summed E-state index contributed by atoms with van der Waals surface area (Å²) in [5.41, 5.74) is -0.860. The smallest absolute Gasteiger partial charge is 0.324 e. The molecule has 116 valence electrons. The molecule has 1 heterocycles. The molecule has 0 aromatic heterocycles. The van der Waals surface area contributed by atoms with Gasteiger partial charge in [0.15, 0.2) is 0 Å². The van der Waals surface area contributed by atoms with Crippen LogP contribution >= 0.6 is 0 Å². The van der Waals surface area contributed by atoms with E-state index in [9.17, 15) is 14.7 Å². The minimum Gasteiger partial charge on any atom is -0.480 e. The van der Waals surface area contributed by atoms with Gasteiger partial charge in [-0.3, -0.25) is 14.5 Å². The fourth-order valence-corrected chi connectivity index (χ4v) is 3.09. The lowest BCUT2D eigenvalue weighted by Crippen LogP contribution is -2.58. The van der Waals surface area contributed by atoms with Crippen molar-refractivity contribution in [2.45, 2.75) is 77.4 Å². The van der Waals surface area contributed by atoms with E-state index in [4.69, 9.17) is 0 Å². The highest BCUT2D eigenvalue weighted by Gasteiger charge is 2.49. The second kappa shape index (κ2) is 7.07. The van der Waals surface area contributed by atoms with Gasteiger partial charge in [0.05, 0.1) is 6.04 Å². The number of carbonyl (C=O) groups excluding carboxylic acids is 1. The maximum atomic E-state index is 12.3. The molecule has 0 saturated carbocycles. The zero-order valence-corrected chi connectivity index (χ0v) is 13.1. The first-order valence-electron chi connectivity index (χ1n) is 7.69. The van der Waals surface area contributed by atoms with Crippen molar-refractivity contribution < 1.29 is 14.7 Å². The van der Waals surface area contributed by atoms with E-state index < -0.39 is 17.6 Å². The van der Waals surface area contributed by atoms with Gasteiger partial charge in [0.1, 0.15) is 5.54 Å². The van der Waals surface area contributed by atoms with Crippen LogP contribution in [0.25, 0.3) is 0 Å². The molecule has 1 aliphatic rings. The van der Waals surface area contributed by atoms with Crippen molar-refractivity contribution in [3.63, 3.8) is 0 Å². The third kappa shape index (κ3) is 3.32. The third-order valence-electron chi connectivity index (χ3n) is 4.45. The number of nitrogens with one attached hydrogen (secondary N) is 1. The summed E-state index contributed by atoms with van der Waals surface area (Å²) in [4.78, 5) is 25.9. The number of carboxylic acids is 1. The lowest BCUT2D eigenvalue weighted by molar-refractivity contribution is -0.153. The summed E-state index contributed by atoms with van der Waals surface area (Å²) in [5.74, 6) is -0.858. The number of carbonyl (C=O) groups is 2. The van der Waals surface area contributed by atoms with Gasteiger partial charge in [-0.15, -0.1) is 0 Å². The van der Waals surface area contributed by atoms with Crippen molar-refractivity contribution >= 4 is 11.9 Å². The maximum absolute atomic E-state index is 12.3. The quantitative estimate of drug-likeness (QED) is 0.750. The molecule has 1 aliphatic heterocycles. The second-order valence-corrected chi connectivity index (χ2v) is 5.88. The maximum Gasteiger partial charge on any atom is 0.324 e. The van der Waals surface area contributed by atoms with Crippen LogP contribution in [0.4, 0.5) is 0 Å². The Kier molecular flexibility index (Phi) is 5.99. The van der Waals surface area contributed by atoms with E-state index in [1.165, 1.54) is 0 Å². The Morgan fingerprint density at radius 2 is 2.00 bits per heavy atom. The Labute approximate surface area is 121 Å². The van der Waals surface area contributed by atoms with Crippen LogP contribution in [0.3, 0.4) is 0 Å². The first-order valence-corrected chi connectivity index (χ1v) is 7.69. The van der Waals surface area contributed by atoms with E-state index in [-0.39, 0.29) is 11.9 Å². The number of hydrogen-bond acceptors (Lipinski definition) is 3. The molecule has 5 heteroatoms. The van der Waals surface area contributed by atoms with E-state index in [0.29, 0.717) is 19.4 Å². The number of aliphatic carboxylic acids is 1. The molecule has 0 aromatic carbocycles. The molecule has 2 N–H and O–H groups in total. The highest BCUT2D eigenvalue weighted by Crippen LogP contribution is 2.35. The van der Waals surface area contributed by atoms with Gasteiger partial charge in [0, 0.05) is 12.6 Å². The molecule has 1 saturated heterocycles. The highest BCUT2D eigenvalue weighted by molar-refractivity contribution is 5.84. The zero-order chi connectivity index (χ0) is 15.3. The molecule has 0 aliphatic carbocycles.